The number of hydrogen-bond acceptors (Lipinski definition) is 11. The van der Waals surface area contributed by atoms with Gasteiger partial charge in [0.1, 0.15) is 0 Å². The van der Waals surface area contributed by atoms with Crippen molar-refractivity contribution in [3.8, 4) is 0 Å². The summed E-state index contributed by atoms with van der Waals surface area (Å²) in [5.74, 6) is -0.243. The first-order valence-electron chi connectivity index (χ1n) is 19.2. The number of rotatable bonds is 24. The Hall–Kier alpha value is -2.12. The molecule has 2 rings (SSSR count). The van der Waals surface area contributed by atoms with Crippen molar-refractivity contribution < 1.29 is 23.8 Å². The average Bonchev–Trinajstić information content (AvgIpc) is 3.10. The first-order valence-corrected chi connectivity index (χ1v) is 19.2. The molecular weight excluding hydrogens is 620 g/mol. The third kappa shape index (κ3) is 25.5. The van der Waals surface area contributed by atoms with E-state index in [2.05, 4.69) is 62.4 Å². The van der Waals surface area contributed by atoms with Crippen LogP contribution < -0.4 is 21.3 Å². The Kier molecular flexibility index (Phi) is 27.0. The Morgan fingerprint density at radius 3 is 2.02 bits per heavy atom. The molecule has 0 bridgehead atoms. The molecule has 0 amide bonds. The van der Waals surface area contributed by atoms with Crippen LogP contribution in [0.2, 0.25) is 0 Å². The summed E-state index contributed by atoms with van der Waals surface area (Å²) in [6.07, 6.45) is 10.7. The second-order valence-corrected chi connectivity index (χ2v) is 13.3. The van der Waals surface area contributed by atoms with Gasteiger partial charge in [-0.05, 0) is 115 Å². The highest BCUT2D eigenvalue weighted by atomic mass is 16.5. The molecule has 1 aromatic rings. The van der Waals surface area contributed by atoms with Crippen molar-refractivity contribution in [3.63, 3.8) is 0 Å². The monoisotopic (exact) mass is 691 g/mol. The standard InChI is InChI=1S/C38H70N6O5/c1-43(28-18-38(46)49-32-9-4-3-8-31-48-37(45)13-6-5-7-30-47-2)26-11-22-42-33-35-14-16-36(17-15-35)34-44-27-12-21-40-24-23-39-19-10-20-41-25-29-44/h14-17,39-42H,3-13,18-34H2,1-2H3. The van der Waals surface area contributed by atoms with Gasteiger partial charge in [-0.1, -0.05) is 30.7 Å². The van der Waals surface area contributed by atoms with E-state index in [9.17, 15) is 9.59 Å². The van der Waals surface area contributed by atoms with Crippen LogP contribution in [0.1, 0.15) is 88.2 Å². The number of hydrogen-bond donors (Lipinski definition) is 4. The van der Waals surface area contributed by atoms with E-state index in [4.69, 9.17) is 14.2 Å². The maximum Gasteiger partial charge on any atom is 0.307 e. The van der Waals surface area contributed by atoms with Gasteiger partial charge in [0, 0.05) is 66.0 Å². The molecule has 11 nitrogen and oxygen atoms in total. The van der Waals surface area contributed by atoms with Crippen molar-refractivity contribution in [2.75, 3.05) is 106 Å². The van der Waals surface area contributed by atoms with Gasteiger partial charge in [0.05, 0.1) is 19.6 Å². The lowest BCUT2D eigenvalue weighted by molar-refractivity contribution is -0.145. The number of benzene rings is 1. The van der Waals surface area contributed by atoms with Gasteiger partial charge >= 0.3 is 11.9 Å². The van der Waals surface area contributed by atoms with E-state index in [0.717, 1.165) is 137 Å². The SMILES string of the molecule is COCCCCCC(=O)OCCCCCCOC(=O)CCN(C)CCCNCc1ccc(CN2CCCNCCNCCCNCC2)cc1. The molecule has 1 fully saturated rings. The van der Waals surface area contributed by atoms with E-state index >= 15 is 0 Å². The maximum atomic E-state index is 12.1. The highest BCUT2D eigenvalue weighted by Gasteiger charge is 2.08. The predicted molar refractivity (Wildman–Crippen MR) is 199 cm³/mol. The number of nitrogens with one attached hydrogen (secondary N) is 4. The maximum absolute atomic E-state index is 12.1. The van der Waals surface area contributed by atoms with E-state index in [-0.39, 0.29) is 11.9 Å². The molecular formula is C38H70N6O5. The third-order valence-electron chi connectivity index (χ3n) is 8.76. The van der Waals surface area contributed by atoms with Crippen molar-refractivity contribution in [3.05, 3.63) is 35.4 Å². The van der Waals surface area contributed by atoms with Crippen LogP contribution in [0.4, 0.5) is 0 Å². The van der Waals surface area contributed by atoms with Gasteiger partial charge < -0.3 is 40.4 Å². The molecule has 1 aliphatic rings. The van der Waals surface area contributed by atoms with Gasteiger partial charge in [0.25, 0.3) is 0 Å². The van der Waals surface area contributed by atoms with Crippen LogP contribution in [0.25, 0.3) is 0 Å². The minimum absolute atomic E-state index is 0.112. The van der Waals surface area contributed by atoms with E-state index in [1.807, 2.05) is 0 Å². The van der Waals surface area contributed by atoms with Crippen molar-refractivity contribution >= 4 is 11.9 Å². The lowest BCUT2D eigenvalue weighted by atomic mass is 10.1. The number of methoxy groups -OCH3 is 1. The summed E-state index contributed by atoms with van der Waals surface area (Å²) in [6, 6.07) is 9.06. The Labute approximate surface area is 297 Å². The van der Waals surface area contributed by atoms with E-state index in [1.165, 1.54) is 24.0 Å². The van der Waals surface area contributed by atoms with E-state index in [1.54, 1.807) is 7.11 Å². The largest absolute Gasteiger partial charge is 0.466 e. The van der Waals surface area contributed by atoms with Gasteiger partial charge in [-0.3, -0.25) is 14.5 Å². The highest BCUT2D eigenvalue weighted by Crippen LogP contribution is 2.09. The zero-order valence-electron chi connectivity index (χ0n) is 31.0. The third-order valence-corrected chi connectivity index (χ3v) is 8.76. The Morgan fingerprint density at radius 2 is 1.31 bits per heavy atom. The first-order chi connectivity index (χ1) is 24.1. The Bertz CT molecular complexity index is 924. The van der Waals surface area contributed by atoms with Crippen molar-refractivity contribution in [2.24, 2.45) is 0 Å². The minimum Gasteiger partial charge on any atom is -0.466 e. The second-order valence-electron chi connectivity index (χ2n) is 13.3. The minimum atomic E-state index is -0.131. The lowest BCUT2D eigenvalue weighted by Crippen LogP contribution is -2.36. The van der Waals surface area contributed by atoms with E-state index in [0.29, 0.717) is 32.6 Å². The number of ether oxygens (including phenoxy) is 3. The molecule has 0 atom stereocenters. The molecule has 0 aromatic heterocycles. The van der Waals surface area contributed by atoms with Crippen molar-refractivity contribution in [1.82, 2.24) is 31.1 Å². The molecule has 49 heavy (non-hydrogen) atoms. The van der Waals surface area contributed by atoms with Gasteiger partial charge in [-0.2, -0.15) is 0 Å². The number of carbonyl (C=O) groups excluding carboxylic acids is 2. The first kappa shape index (κ1) is 43.0. The number of nitrogens with zero attached hydrogens (tertiary/aromatic N) is 2. The van der Waals surface area contributed by atoms with Gasteiger partial charge in [0.15, 0.2) is 0 Å². The molecule has 0 radical (unpaired) electrons. The summed E-state index contributed by atoms with van der Waals surface area (Å²) in [4.78, 5) is 28.6. The van der Waals surface area contributed by atoms with Crippen LogP contribution in [-0.4, -0.2) is 128 Å². The summed E-state index contributed by atoms with van der Waals surface area (Å²) in [5, 5.41) is 14.2. The molecule has 0 aliphatic carbocycles. The van der Waals surface area contributed by atoms with Crippen molar-refractivity contribution in [2.45, 2.75) is 90.1 Å². The molecule has 1 aromatic carbocycles. The molecule has 4 N–H and O–H groups in total. The normalized spacial score (nSPS) is 15.6. The fraction of sp³-hybridized carbons (Fsp3) is 0.789. The number of unbranched alkanes of at least 4 members (excludes halogenated alkanes) is 5. The zero-order chi connectivity index (χ0) is 35.0. The summed E-state index contributed by atoms with van der Waals surface area (Å²) in [7, 11) is 3.75. The van der Waals surface area contributed by atoms with E-state index < -0.39 is 0 Å². The molecule has 0 saturated carbocycles. The van der Waals surface area contributed by atoms with Gasteiger partial charge in [0.2, 0.25) is 0 Å². The average molecular weight is 691 g/mol. The molecule has 1 aliphatic heterocycles. The van der Waals surface area contributed by atoms with Gasteiger partial charge in [-0.15, -0.1) is 0 Å². The predicted octanol–water partition coefficient (Wildman–Crippen LogP) is 3.71. The second kappa shape index (κ2) is 30.7. The highest BCUT2D eigenvalue weighted by molar-refractivity contribution is 5.69. The molecule has 0 spiro atoms. The number of carbonyl (C=O) groups is 2. The summed E-state index contributed by atoms with van der Waals surface area (Å²) >= 11 is 0. The van der Waals surface area contributed by atoms with Crippen LogP contribution >= 0.6 is 0 Å². The van der Waals surface area contributed by atoms with Crippen molar-refractivity contribution in [1.29, 1.82) is 0 Å². The zero-order valence-corrected chi connectivity index (χ0v) is 31.0. The molecule has 1 heterocycles. The van der Waals surface area contributed by atoms with Crippen LogP contribution in [0.5, 0.6) is 0 Å². The molecule has 11 heteroatoms. The number of esters is 2. The van der Waals surface area contributed by atoms with Gasteiger partial charge in [-0.25, -0.2) is 0 Å². The van der Waals surface area contributed by atoms with Crippen LogP contribution in [0.3, 0.4) is 0 Å². The summed E-state index contributed by atoms with van der Waals surface area (Å²) < 4.78 is 15.7. The van der Waals surface area contributed by atoms with Crippen LogP contribution in [-0.2, 0) is 36.9 Å². The topological polar surface area (TPSA) is 116 Å². The summed E-state index contributed by atoms with van der Waals surface area (Å²) in [5.41, 5.74) is 2.68. The Balaban J connectivity index is 1.44. The fourth-order valence-corrected chi connectivity index (χ4v) is 5.71. The lowest BCUT2D eigenvalue weighted by Gasteiger charge is -2.23. The van der Waals surface area contributed by atoms with Crippen LogP contribution in [0.15, 0.2) is 24.3 Å². The quantitative estimate of drug-likeness (QED) is 0.0941. The molecule has 282 valence electrons. The fourth-order valence-electron chi connectivity index (χ4n) is 5.71. The summed E-state index contributed by atoms with van der Waals surface area (Å²) in [6.45, 7) is 14.7. The Morgan fingerprint density at radius 1 is 0.694 bits per heavy atom. The smallest absolute Gasteiger partial charge is 0.307 e. The molecule has 0 unspecified atom stereocenters. The van der Waals surface area contributed by atoms with Crippen LogP contribution in [0, 0.1) is 0 Å². The molecule has 1 saturated heterocycles.